The smallest absolute Gasteiger partial charge is 0.247 e. The average molecular weight is 655 g/mol. The Labute approximate surface area is 282 Å². The zero-order valence-electron chi connectivity index (χ0n) is 28.1. The fourth-order valence-electron chi connectivity index (χ4n) is 7.55. The SMILES string of the molecule is C=CC(=O)Nc1cc(Nc2cc(N3OCC[C@@H]3Cc3cccc(N(C)C)c3)ncn2)c(OC)cc1N1CCC(N2C[C@H]3C[C@@H]2CO3)CC1. The third kappa shape index (κ3) is 6.78. The van der Waals surface area contributed by atoms with Crippen LogP contribution in [-0.4, -0.2) is 99.1 Å². The lowest BCUT2D eigenvalue weighted by Crippen LogP contribution is -2.49. The van der Waals surface area contributed by atoms with E-state index in [2.05, 4.69) is 80.2 Å². The molecule has 12 nitrogen and oxygen atoms in total. The largest absolute Gasteiger partial charge is 0.494 e. The monoisotopic (exact) mass is 654 g/mol. The fourth-order valence-corrected chi connectivity index (χ4v) is 7.55. The number of morpholine rings is 1. The maximum absolute atomic E-state index is 12.6. The standard InChI is InChI=1S/C36H46N8O4/c1-5-36(45)40-30-18-31(33(46-4)19-32(30)42-12-9-25(10-13-42)43-21-29-17-28(43)22-47-29)39-34-20-35(38-23-37-34)44-27(11-14-48-44)16-24-7-6-8-26(15-24)41(2)3/h5-8,15,18-20,23,25,27-29H,1,9-14,16-17,21-22H2,2-4H3,(H,40,45)(H,37,38,39)/t27-,28-,29-/m1/s1. The molecule has 48 heavy (non-hydrogen) atoms. The molecule has 5 heterocycles. The second-order valence-corrected chi connectivity index (χ2v) is 13.3. The van der Waals surface area contributed by atoms with Gasteiger partial charge in [-0.3, -0.25) is 14.5 Å². The Morgan fingerprint density at radius 1 is 1.10 bits per heavy atom. The van der Waals surface area contributed by atoms with Crippen LogP contribution < -0.4 is 30.2 Å². The van der Waals surface area contributed by atoms with Gasteiger partial charge in [-0.1, -0.05) is 18.7 Å². The van der Waals surface area contributed by atoms with Crippen molar-refractivity contribution in [3.05, 3.63) is 67.0 Å². The van der Waals surface area contributed by atoms with Crippen LogP contribution in [0.3, 0.4) is 0 Å². The van der Waals surface area contributed by atoms with Crippen molar-refractivity contribution in [3.8, 4) is 5.75 Å². The van der Waals surface area contributed by atoms with Crippen LogP contribution in [0.1, 0.15) is 31.2 Å². The lowest BCUT2D eigenvalue weighted by Gasteiger charge is -2.41. The highest BCUT2D eigenvalue weighted by molar-refractivity contribution is 6.02. The normalized spacial score (nSPS) is 22.6. The molecule has 3 atom stereocenters. The number of carbonyl (C=O) groups excluding carboxylic acids is 1. The van der Waals surface area contributed by atoms with E-state index in [4.69, 9.17) is 14.3 Å². The third-order valence-electron chi connectivity index (χ3n) is 10.0. The highest BCUT2D eigenvalue weighted by Gasteiger charge is 2.42. The van der Waals surface area contributed by atoms with Gasteiger partial charge in [-0.05, 0) is 61.9 Å². The van der Waals surface area contributed by atoms with E-state index < -0.39 is 0 Å². The number of aromatic nitrogens is 2. The van der Waals surface area contributed by atoms with E-state index in [9.17, 15) is 4.79 Å². The molecule has 7 rings (SSSR count). The Bertz CT molecular complexity index is 1630. The zero-order chi connectivity index (χ0) is 33.2. The van der Waals surface area contributed by atoms with Crippen LogP contribution in [0.25, 0.3) is 0 Å². The molecule has 1 aromatic heterocycles. The third-order valence-corrected chi connectivity index (χ3v) is 10.0. The molecular formula is C36H46N8O4. The van der Waals surface area contributed by atoms with E-state index in [-0.39, 0.29) is 11.9 Å². The van der Waals surface area contributed by atoms with Crippen molar-refractivity contribution in [1.82, 2.24) is 14.9 Å². The number of hydrogen-bond donors (Lipinski definition) is 2. The fraction of sp³-hybridized carbons (Fsp3) is 0.472. The number of anilines is 6. The number of piperidine rings is 1. The Kier molecular flexibility index (Phi) is 9.38. The zero-order valence-corrected chi connectivity index (χ0v) is 28.1. The van der Waals surface area contributed by atoms with E-state index in [0.717, 1.165) is 64.0 Å². The number of fused-ring (bicyclic) bond motifs is 2. The van der Waals surface area contributed by atoms with Crippen molar-refractivity contribution in [2.75, 3.05) is 79.5 Å². The Morgan fingerprint density at radius 3 is 2.69 bits per heavy atom. The molecule has 2 aromatic carbocycles. The molecule has 3 aromatic rings. The van der Waals surface area contributed by atoms with Gasteiger partial charge in [0.2, 0.25) is 5.91 Å². The predicted molar refractivity (Wildman–Crippen MR) is 189 cm³/mol. The molecule has 4 fully saturated rings. The average Bonchev–Trinajstić information content (AvgIpc) is 3.87. The van der Waals surface area contributed by atoms with Crippen molar-refractivity contribution in [2.24, 2.45) is 0 Å². The van der Waals surface area contributed by atoms with E-state index in [1.165, 1.54) is 23.7 Å². The number of ether oxygens (including phenoxy) is 2. The number of carbonyl (C=O) groups is 1. The first kappa shape index (κ1) is 32.2. The van der Waals surface area contributed by atoms with E-state index in [1.807, 2.05) is 23.3 Å². The first-order chi connectivity index (χ1) is 23.4. The molecule has 4 saturated heterocycles. The number of rotatable bonds is 11. The summed E-state index contributed by atoms with van der Waals surface area (Å²) < 4.78 is 11.7. The van der Waals surface area contributed by atoms with Crippen LogP contribution >= 0.6 is 0 Å². The highest BCUT2D eigenvalue weighted by Crippen LogP contribution is 2.41. The molecule has 0 aliphatic carbocycles. The number of methoxy groups -OCH3 is 1. The number of nitrogens with one attached hydrogen (secondary N) is 2. The van der Waals surface area contributed by atoms with Gasteiger partial charge in [-0.25, -0.2) is 15.0 Å². The molecule has 254 valence electrons. The van der Waals surface area contributed by atoms with Gasteiger partial charge in [0, 0.05) is 63.6 Å². The summed E-state index contributed by atoms with van der Waals surface area (Å²) in [5, 5.41) is 8.35. The minimum absolute atomic E-state index is 0.137. The summed E-state index contributed by atoms with van der Waals surface area (Å²) >= 11 is 0. The predicted octanol–water partition coefficient (Wildman–Crippen LogP) is 4.61. The Balaban J connectivity index is 1.09. The van der Waals surface area contributed by atoms with Gasteiger partial charge in [-0.2, -0.15) is 0 Å². The minimum Gasteiger partial charge on any atom is -0.494 e. The van der Waals surface area contributed by atoms with Crippen LogP contribution in [0.5, 0.6) is 5.75 Å². The maximum Gasteiger partial charge on any atom is 0.247 e. The van der Waals surface area contributed by atoms with Gasteiger partial charge < -0.3 is 29.9 Å². The number of amides is 1. The molecule has 12 heteroatoms. The molecule has 1 amide bonds. The summed E-state index contributed by atoms with van der Waals surface area (Å²) in [5.74, 6) is 1.64. The van der Waals surface area contributed by atoms with E-state index in [1.54, 1.807) is 7.11 Å². The van der Waals surface area contributed by atoms with Crippen LogP contribution in [0.2, 0.25) is 0 Å². The molecule has 2 bridgehead atoms. The van der Waals surface area contributed by atoms with Gasteiger partial charge >= 0.3 is 0 Å². The van der Waals surface area contributed by atoms with Crippen molar-refractivity contribution < 1.29 is 19.1 Å². The second-order valence-electron chi connectivity index (χ2n) is 13.3. The topological polar surface area (TPSA) is 108 Å². The molecule has 4 aliphatic heterocycles. The van der Waals surface area contributed by atoms with Gasteiger partial charge in [0.25, 0.3) is 0 Å². The van der Waals surface area contributed by atoms with Crippen molar-refractivity contribution in [3.63, 3.8) is 0 Å². The summed E-state index contributed by atoms with van der Waals surface area (Å²) in [7, 11) is 5.76. The lowest BCUT2D eigenvalue weighted by molar-refractivity contribution is -0.111. The summed E-state index contributed by atoms with van der Waals surface area (Å²) in [4.78, 5) is 34.8. The van der Waals surface area contributed by atoms with E-state index in [0.29, 0.717) is 53.6 Å². The number of likely N-dealkylation sites (tertiary alicyclic amines) is 1. The van der Waals surface area contributed by atoms with Crippen molar-refractivity contribution in [1.29, 1.82) is 0 Å². The summed E-state index contributed by atoms with van der Waals surface area (Å²) in [5.41, 5.74) is 4.70. The Hall–Kier alpha value is -4.39. The molecule has 0 spiro atoms. The van der Waals surface area contributed by atoms with Crippen molar-refractivity contribution >= 4 is 40.3 Å². The van der Waals surface area contributed by atoms with Crippen molar-refractivity contribution in [2.45, 2.75) is 56.3 Å². The molecular weight excluding hydrogens is 608 g/mol. The maximum atomic E-state index is 12.6. The van der Waals surface area contributed by atoms with Gasteiger partial charge in [0.15, 0.2) is 5.82 Å². The van der Waals surface area contributed by atoms with Gasteiger partial charge in [0.1, 0.15) is 17.9 Å². The van der Waals surface area contributed by atoms with Gasteiger partial charge in [-0.15, -0.1) is 0 Å². The van der Waals surface area contributed by atoms with Crippen LogP contribution in [-0.2, 0) is 20.8 Å². The Morgan fingerprint density at radius 2 is 1.96 bits per heavy atom. The number of nitrogens with zero attached hydrogens (tertiary/aromatic N) is 6. The second kappa shape index (κ2) is 14.0. The van der Waals surface area contributed by atoms with Gasteiger partial charge in [0.05, 0.1) is 49.5 Å². The first-order valence-electron chi connectivity index (χ1n) is 16.9. The molecule has 0 unspecified atom stereocenters. The quantitative estimate of drug-likeness (QED) is 0.283. The summed E-state index contributed by atoms with van der Waals surface area (Å²) in [6, 6.07) is 15.6. The first-order valence-corrected chi connectivity index (χ1v) is 16.9. The number of benzene rings is 2. The van der Waals surface area contributed by atoms with Crippen LogP contribution in [0.15, 0.2) is 61.4 Å². The highest BCUT2D eigenvalue weighted by atomic mass is 16.7. The van der Waals surface area contributed by atoms with Crippen LogP contribution in [0.4, 0.5) is 34.4 Å². The van der Waals surface area contributed by atoms with E-state index >= 15 is 0 Å². The molecule has 2 N–H and O–H groups in total. The molecule has 0 saturated carbocycles. The molecule has 0 radical (unpaired) electrons. The minimum atomic E-state index is -0.270. The number of hydroxylamine groups is 1. The molecule has 4 aliphatic rings. The lowest BCUT2D eigenvalue weighted by atomic mass is 10.0. The van der Waals surface area contributed by atoms with Crippen LogP contribution in [0, 0.1) is 0 Å². The number of hydrogen-bond acceptors (Lipinski definition) is 11. The summed E-state index contributed by atoms with van der Waals surface area (Å²) in [6.07, 6.45) is 8.24. The summed E-state index contributed by atoms with van der Waals surface area (Å²) in [6.45, 7) is 7.97.